The lowest BCUT2D eigenvalue weighted by atomic mass is 9.85. The number of hydrogen-bond acceptors (Lipinski definition) is 4. The van der Waals surface area contributed by atoms with E-state index in [1.54, 1.807) is 13.4 Å². The first-order valence-corrected chi connectivity index (χ1v) is 10.1. The first kappa shape index (κ1) is 18.0. The fraction of sp³-hybridized carbons (Fsp3) is 0.478. The molecule has 27 heavy (non-hydrogen) atoms. The third-order valence-electron chi connectivity index (χ3n) is 5.88. The van der Waals surface area contributed by atoms with Crippen molar-refractivity contribution in [2.75, 3.05) is 12.4 Å². The summed E-state index contributed by atoms with van der Waals surface area (Å²) in [4.78, 5) is 9.30. The highest BCUT2D eigenvalue weighted by atomic mass is 16.5. The number of fused-ring (bicyclic) bond motifs is 1. The van der Waals surface area contributed by atoms with Crippen molar-refractivity contribution in [3.05, 3.63) is 47.4 Å². The van der Waals surface area contributed by atoms with Crippen molar-refractivity contribution in [1.82, 2.24) is 9.97 Å². The van der Waals surface area contributed by atoms with Gasteiger partial charge in [0.2, 0.25) is 0 Å². The van der Waals surface area contributed by atoms with Crippen LogP contribution in [-0.2, 0) is 0 Å². The zero-order valence-corrected chi connectivity index (χ0v) is 16.5. The molecule has 0 saturated heterocycles. The predicted octanol–water partition coefficient (Wildman–Crippen LogP) is 5.52. The largest absolute Gasteiger partial charge is 0.497 e. The molecule has 1 saturated carbocycles. The third kappa shape index (κ3) is 3.58. The summed E-state index contributed by atoms with van der Waals surface area (Å²) in [6, 6.07) is 8.89. The predicted molar refractivity (Wildman–Crippen MR) is 111 cm³/mol. The van der Waals surface area contributed by atoms with Crippen LogP contribution in [0.3, 0.4) is 0 Å². The van der Waals surface area contributed by atoms with E-state index >= 15 is 0 Å². The SMILES string of the molecule is COc1ccc(C2=Cc3c(NC4CCCCC4)ncnc3C2C(C)C)cc1. The van der Waals surface area contributed by atoms with Gasteiger partial charge in [-0.3, -0.25) is 0 Å². The summed E-state index contributed by atoms with van der Waals surface area (Å²) in [5.41, 5.74) is 4.89. The number of anilines is 1. The zero-order chi connectivity index (χ0) is 18.8. The first-order chi connectivity index (χ1) is 13.2. The fourth-order valence-corrected chi connectivity index (χ4v) is 4.47. The summed E-state index contributed by atoms with van der Waals surface area (Å²) < 4.78 is 5.32. The molecule has 1 atom stereocenters. The van der Waals surface area contributed by atoms with Gasteiger partial charge < -0.3 is 10.1 Å². The molecule has 2 aliphatic rings. The first-order valence-electron chi connectivity index (χ1n) is 10.1. The van der Waals surface area contributed by atoms with Crippen LogP contribution in [0.25, 0.3) is 11.6 Å². The van der Waals surface area contributed by atoms with Gasteiger partial charge in [0, 0.05) is 17.5 Å². The quantitative estimate of drug-likeness (QED) is 0.759. The second kappa shape index (κ2) is 7.71. The van der Waals surface area contributed by atoms with E-state index < -0.39 is 0 Å². The number of nitrogens with one attached hydrogen (secondary N) is 1. The molecule has 0 amide bonds. The Morgan fingerprint density at radius 2 is 1.78 bits per heavy atom. The fourth-order valence-electron chi connectivity index (χ4n) is 4.47. The summed E-state index contributed by atoms with van der Waals surface area (Å²) >= 11 is 0. The van der Waals surface area contributed by atoms with Crippen LogP contribution in [0.4, 0.5) is 5.82 Å². The van der Waals surface area contributed by atoms with E-state index in [1.165, 1.54) is 48.8 Å². The maximum Gasteiger partial charge on any atom is 0.137 e. The Morgan fingerprint density at radius 1 is 1.04 bits per heavy atom. The minimum absolute atomic E-state index is 0.295. The van der Waals surface area contributed by atoms with Crippen LogP contribution in [-0.4, -0.2) is 23.1 Å². The van der Waals surface area contributed by atoms with Crippen LogP contribution in [0.2, 0.25) is 0 Å². The van der Waals surface area contributed by atoms with Gasteiger partial charge in [-0.25, -0.2) is 9.97 Å². The topological polar surface area (TPSA) is 47.0 Å². The Kier molecular flexibility index (Phi) is 5.15. The van der Waals surface area contributed by atoms with E-state index in [2.05, 4.69) is 42.4 Å². The molecule has 1 fully saturated rings. The molecule has 4 rings (SSSR count). The van der Waals surface area contributed by atoms with Crippen molar-refractivity contribution >= 4 is 17.5 Å². The monoisotopic (exact) mass is 363 g/mol. The minimum Gasteiger partial charge on any atom is -0.497 e. The normalized spacial score (nSPS) is 19.7. The summed E-state index contributed by atoms with van der Waals surface area (Å²) in [7, 11) is 1.70. The van der Waals surface area contributed by atoms with Gasteiger partial charge in [0.15, 0.2) is 0 Å². The van der Waals surface area contributed by atoms with E-state index in [-0.39, 0.29) is 0 Å². The summed E-state index contributed by atoms with van der Waals surface area (Å²) in [5.74, 6) is 2.65. The highest BCUT2D eigenvalue weighted by Gasteiger charge is 2.32. The standard InChI is InChI=1S/C23H29N3O/c1-15(2)21-19(16-9-11-18(27-3)12-10-16)13-20-22(21)24-14-25-23(20)26-17-7-5-4-6-8-17/h9-15,17,21H,4-8H2,1-3H3,(H,24,25,26). The summed E-state index contributed by atoms with van der Waals surface area (Å²) in [6.45, 7) is 4.54. The molecule has 1 aromatic heterocycles. The average molecular weight is 364 g/mol. The highest BCUT2D eigenvalue weighted by molar-refractivity contribution is 5.93. The van der Waals surface area contributed by atoms with E-state index in [0.29, 0.717) is 17.9 Å². The molecule has 2 aliphatic carbocycles. The highest BCUT2D eigenvalue weighted by Crippen LogP contribution is 2.47. The van der Waals surface area contributed by atoms with Crippen molar-refractivity contribution in [2.45, 2.75) is 57.9 Å². The number of allylic oxidation sites excluding steroid dienone is 1. The van der Waals surface area contributed by atoms with Crippen molar-refractivity contribution in [3.63, 3.8) is 0 Å². The molecule has 0 aliphatic heterocycles. The van der Waals surface area contributed by atoms with Gasteiger partial charge in [-0.15, -0.1) is 0 Å². The van der Waals surface area contributed by atoms with Crippen LogP contribution in [0.5, 0.6) is 5.75 Å². The molecule has 2 aromatic rings. The number of hydrogen-bond donors (Lipinski definition) is 1. The van der Waals surface area contributed by atoms with Gasteiger partial charge in [-0.05, 0) is 48.1 Å². The molecule has 1 N–H and O–H groups in total. The molecule has 1 heterocycles. The van der Waals surface area contributed by atoms with Crippen molar-refractivity contribution in [3.8, 4) is 5.75 Å². The average Bonchev–Trinajstić information content (AvgIpc) is 3.10. The van der Waals surface area contributed by atoms with Crippen LogP contribution < -0.4 is 10.1 Å². The molecule has 1 unspecified atom stereocenters. The number of aromatic nitrogens is 2. The Labute approximate surface area is 162 Å². The smallest absolute Gasteiger partial charge is 0.137 e. The van der Waals surface area contributed by atoms with E-state index in [4.69, 9.17) is 9.72 Å². The Morgan fingerprint density at radius 3 is 2.44 bits per heavy atom. The lowest BCUT2D eigenvalue weighted by Gasteiger charge is -2.24. The summed E-state index contributed by atoms with van der Waals surface area (Å²) in [5, 5.41) is 3.72. The second-order valence-electron chi connectivity index (χ2n) is 8.05. The molecule has 0 bridgehead atoms. The van der Waals surface area contributed by atoms with Gasteiger partial charge in [-0.2, -0.15) is 0 Å². The van der Waals surface area contributed by atoms with Crippen LogP contribution in [0.1, 0.15) is 68.7 Å². The van der Waals surface area contributed by atoms with Crippen molar-refractivity contribution in [2.24, 2.45) is 5.92 Å². The Hall–Kier alpha value is -2.36. The third-order valence-corrected chi connectivity index (χ3v) is 5.88. The van der Waals surface area contributed by atoms with E-state index in [0.717, 1.165) is 17.3 Å². The number of methoxy groups -OCH3 is 1. The minimum atomic E-state index is 0.295. The molecular formula is C23H29N3O. The molecule has 0 spiro atoms. The molecule has 0 radical (unpaired) electrons. The van der Waals surface area contributed by atoms with E-state index in [9.17, 15) is 0 Å². The maximum atomic E-state index is 5.32. The van der Waals surface area contributed by atoms with Gasteiger partial charge >= 0.3 is 0 Å². The molecule has 4 heteroatoms. The Balaban J connectivity index is 1.70. The van der Waals surface area contributed by atoms with Crippen molar-refractivity contribution in [1.29, 1.82) is 0 Å². The molecule has 4 nitrogen and oxygen atoms in total. The number of nitrogens with zero attached hydrogens (tertiary/aromatic N) is 2. The second-order valence-corrected chi connectivity index (χ2v) is 8.05. The van der Waals surface area contributed by atoms with Crippen molar-refractivity contribution < 1.29 is 4.74 Å². The van der Waals surface area contributed by atoms with Gasteiger partial charge in [0.25, 0.3) is 0 Å². The van der Waals surface area contributed by atoms with E-state index in [1.807, 2.05) is 12.1 Å². The van der Waals surface area contributed by atoms with Crippen LogP contribution in [0.15, 0.2) is 30.6 Å². The van der Waals surface area contributed by atoms with Crippen LogP contribution >= 0.6 is 0 Å². The number of benzene rings is 1. The number of ether oxygens (including phenoxy) is 1. The Bertz CT molecular complexity index is 820. The molecular weight excluding hydrogens is 334 g/mol. The van der Waals surface area contributed by atoms with Gasteiger partial charge in [-0.1, -0.05) is 45.2 Å². The zero-order valence-electron chi connectivity index (χ0n) is 16.5. The lowest BCUT2D eigenvalue weighted by molar-refractivity contribution is 0.415. The maximum absolute atomic E-state index is 5.32. The van der Waals surface area contributed by atoms with Gasteiger partial charge in [0.1, 0.15) is 17.9 Å². The van der Waals surface area contributed by atoms with Gasteiger partial charge in [0.05, 0.1) is 12.8 Å². The van der Waals surface area contributed by atoms with Crippen LogP contribution in [0, 0.1) is 5.92 Å². The number of rotatable bonds is 5. The summed E-state index contributed by atoms with van der Waals surface area (Å²) in [6.07, 6.45) is 10.5. The molecule has 142 valence electrons. The molecule has 1 aromatic carbocycles. The lowest BCUT2D eigenvalue weighted by Crippen LogP contribution is -2.23.